The van der Waals surface area contributed by atoms with Crippen LogP contribution in [0.5, 0.6) is 0 Å². The predicted molar refractivity (Wildman–Crippen MR) is 119 cm³/mol. The fourth-order valence-electron chi connectivity index (χ4n) is 4.00. The molecule has 0 spiro atoms. The van der Waals surface area contributed by atoms with Gasteiger partial charge in [0.15, 0.2) is 0 Å². The number of anilines is 1. The zero-order valence-electron chi connectivity index (χ0n) is 17.2. The molecular formula is C23H24N6O. The number of hydrogen-bond donors (Lipinski definition) is 1. The molecule has 0 saturated carbocycles. The molecule has 0 radical (unpaired) electrons. The van der Waals surface area contributed by atoms with E-state index in [1.54, 1.807) is 19.0 Å². The Morgan fingerprint density at radius 1 is 1.10 bits per heavy atom. The van der Waals surface area contributed by atoms with E-state index in [1.165, 1.54) is 5.69 Å². The van der Waals surface area contributed by atoms with E-state index >= 15 is 0 Å². The molecule has 0 unspecified atom stereocenters. The molecule has 1 N–H and O–H groups in total. The fourth-order valence-corrected chi connectivity index (χ4v) is 4.00. The van der Waals surface area contributed by atoms with E-state index in [0.29, 0.717) is 5.56 Å². The summed E-state index contributed by atoms with van der Waals surface area (Å²) in [5, 5.41) is 4.53. The van der Waals surface area contributed by atoms with Gasteiger partial charge in [-0.05, 0) is 24.3 Å². The van der Waals surface area contributed by atoms with Gasteiger partial charge in [0.05, 0.1) is 28.8 Å². The summed E-state index contributed by atoms with van der Waals surface area (Å²) in [5.74, 6) is -0.0356. The van der Waals surface area contributed by atoms with Crippen LogP contribution < -0.4 is 10.2 Å². The van der Waals surface area contributed by atoms with Crippen molar-refractivity contribution >= 4 is 28.1 Å². The number of hydrogen-bond acceptors (Lipinski definition) is 5. The van der Waals surface area contributed by atoms with E-state index in [2.05, 4.69) is 39.5 Å². The highest BCUT2D eigenvalue weighted by Gasteiger charge is 2.16. The van der Waals surface area contributed by atoms with E-state index in [1.807, 2.05) is 35.0 Å². The number of imidazole rings is 1. The first-order chi connectivity index (χ1) is 14.6. The second kappa shape index (κ2) is 7.42. The highest BCUT2D eigenvalue weighted by Crippen LogP contribution is 2.29. The van der Waals surface area contributed by atoms with Crippen molar-refractivity contribution in [1.29, 1.82) is 0 Å². The molecule has 1 amide bonds. The topological polar surface area (TPSA) is 65.8 Å². The summed E-state index contributed by atoms with van der Waals surface area (Å²) in [6.45, 7) is 3.92. The first-order valence-corrected chi connectivity index (χ1v) is 10.2. The van der Waals surface area contributed by atoms with Gasteiger partial charge in [0.1, 0.15) is 5.65 Å². The number of nitrogens with zero attached hydrogens (tertiary/aromatic N) is 5. The van der Waals surface area contributed by atoms with Gasteiger partial charge in [-0.2, -0.15) is 0 Å². The SMILES string of the molecule is CN(C)C(=O)c1ccn2c(-c3ccc4cccc(N5CCNCC5)c4n3)cnc2c1. The van der Waals surface area contributed by atoms with Crippen molar-refractivity contribution < 1.29 is 4.79 Å². The molecule has 1 saturated heterocycles. The van der Waals surface area contributed by atoms with Crippen LogP contribution in [0.15, 0.2) is 54.9 Å². The zero-order chi connectivity index (χ0) is 20.7. The predicted octanol–water partition coefficient (Wildman–Crippen LogP) is 2.66. The molecule has 30 heavy (non-hydrogen) atoms. The Hall–Kier alpha value is -3.45. The number of fused-ring (bicyclic) bond motifs is 2. The van der Waals surface area contributed by atoms with Gasteiger partial charge in [0.2, 0.25) is 0 Å². The van der Waals surface area contributed by atoms with Gasteiger partial charge in [0, 0.05) is 57.4 Å². The van der Waals surface area contributed by atoms with Crippen molar-refractivity contribution in [2.24, 2.45) is 0 Å². The van der Waals surface area contributed by atoms with Crippen LogP contribution >= 0.6 is 0 Å². The molecule has 152 valence electrons. The Labute approximate surface area is 175 Å². The average molecular weight is 400 g/mol. The molecule has 1 fully saturated rings. The fraction of sp³-hybridized carbons (Fsp3) is 0.261. The number of carbonyl (C=O) groups excluding carboxylic acids is 1. The maximum atomic E-state index is 12.3. The van der Waals surface area contributed by atoms with E-state index in [9.17, 15) is 4.79 Å². The smallest absolute Gasteiger partial charge is 0.253 e. The van der Waals surface area contributed by atoms with Crippen LogP contribution in [0, 0.1) is 0 Å². The number of para-hydroxylation sites is 1. The van der Waals surface area contributed by atoms with Crippen LogP contribution in [-0.2, 0) is 0 Å². The molecule has 0 bridgehead atoms. The van der Waals surface area contributed by atoms with Gasteiger partial charge in [-0.1, -0.05) is 18.2 Å². The van der Waals surface area contributed by atoms with Crippen LogP contribution in [0.2, 0.25) is 0 Å². The van der Waals surface area contributed by atoms with E-state index in [0.717, 1.165) is 54.1 Å². The molecule has 1 aliphatic rings. The Balaban J connectivity index is 1.59. The lowest BCUT2D eigenvalue weighted by Gasteiger charge is -2.30. The maximum Gasteiger partial charge on any atom is 0.253 e. The molecule has 7 heteroatoms. The molecule has 3 aromatic heterocycles. The summed E-state index contributed by atoms with van der Waals surface area (Å²) >= 11 is 0. The summed E-state index contributed by atoms with van der Waals surface area (Å²) in [6, 6.07) is 14.1. The monoisotopic (exact) mass is 400 g/mol. The quantitative estimate of drug-likeness (QED) is 0.573. The summed E-state index contributed by atoms with van der Waals surface area (Å²) in [5.41, 5.74) is 5.30. The number of aromatic nitrogens is 3. The van der Waals surface area contributed by atoms with Crippen molar-refractivity contribution in [3.05, 3.63) is 60.4 Å². The molecule has 4 heterocycles. The Morgan fingerprint density at radius 3 is 2.73 bits per heavy atom. The van der Waals surface area contributed by atoms with Crippen molar-refractivity contribution in [3.63, 3.8) is 0 Å². The van der Waals surface area contributed by atoms with Gasteiger partial charge in [-0.25, -0.2) is 9.97 Å². The summed E-state index contributed by atoms with van der Waals surface area (Å²) in [4.78, 5) is 25.8. The number of carbonyl (C=O) groups is 1. The third-order valence-corrected chi connectivity index (χ3v) is 5.59. The van der Waals surface area contributed by atoms with Gasteiger partial charge < -0.3 is 15.1 Å². The largest absolute Gasteiger partial charge is 0.367 e. The number of piperazine rings is 1. The minimum absolute atomic E-state index is 0.0356. The molecule has 5 rings (SSSR count). The van der Waals surface area contributed by atoms with Crippen LogP contribution in [0.1, 0.15) is 10.4 Å². The number of nitrogens with one attached hydrogen (secondary N) is 1. The van der Waals surface area contributed by atoms with E-state index in [4.69, 9.17) is 4.98 Å². The van der Waals surface area contributed by atoms with Crippen molar-refractivity contribution in [2.75, 3.05) is 45.2 Å². The van der Waals surface area contributed by atoms with Crippen LogP contribution in [0.3, 0.4) is 0 Å². The second-order valence-corrected chi connectivity index (χ2v) is 7.77. The van der Waals surface area contributed by atoms with Crippen molar-refractivity contribution in [1.82, 2.24) is 24.6 Å². The highest BCUT2D eigenvalue weighted by molar-refractivity contribution is 5.95. The Kier molecular flexibility index (Phi) is 4.59. The second-order valence-electron chi connectivity index (χ2n) is 7.77. The Morgan fingerprint density at radius 2 is 1.93 bits per heavy atom. The van der Waals surface area contributed by atoms with E-state index < -0.39 is 0 Å². The molecule has 1 aromatic carbocycles. The summed E-state index contributed by atoms with van der Waals surface area (Å²) in [7, 11) is 3.50. The third-order valence-electron chi connectivity index (χ3n) is 5.59. The number of amides is 1. The number of pyridine rings is 2. The molecule has 0 atom stereocenters. The molecule has 7 nitrogen and oxygen atoms in total. The van der Waals surface area contributed by atoms with Crippen LogP contribution in [0.25, 0.3) is 27.9 Å². The van der Waals surface area contributed by atoms with Crippen molar-refractivity contribution in [3.8, 4) is 11.4 Å². The van der Waals surface area contributed by atoms with Gasteiger partial charge in [-0.15, -0.1) is 0 Å². The lowest BCUT2D eigenvalue weighted by molar-refractivity contribution is 0.0827. The first kappa shape index (κ1) is 18.6. The maximum absolute atomic E-state index is 12.3. The summed E-state index contributed by atoms with van der Waals surface area (Å²) < 4.78 is 1.98. The minimum atomic E-state index is -0.0356. The van der Waals surface area contributed by atoms with Crippen LogP contribution in [-0.4, -0.2) is 65.5 Å². The highest BCUT2D eigenvalue weighted by atomic mass is 16.2. The van der Waals surface area contributed by atoms with Gasteiger partial charge >= 0.3 is 0 Å². The number of rotatable bonds is 3. The third kappa shape index (κ3) is 3.17. The molecular weight excluding hydrogens is 376 g/mol. The lowest BCUT2D eigenvalue weighted by Crippen LogP contribution is -2.43. The van der Waals surface area contributed by atoms with Crippen molar-refractivity contribution in [2.45, 2.75) is 0 Å². The van der Waals surface area contributed by atoms with Gasteiger partial charge in [0.25, 0.3) is 5.91 Å². The lowest BCUT2D eigenvalue weighted by atomic mass is 10.1. The molecule has 0 aliphatic carbocycles. The standard InChI is InChI=1S/C23H24N6O/c1-27(2)23(30)17-8-11-29-20(15-25-21(29)14-17)18-7-6-16-4-3-5-19(22(16)26-18)28-12-9-24-10-13-28/h3-8,11,14-15,24H,9-10,12-13H2,1-2H3. The molecule has 1 aliphatic heterocycles. The normalized spacial score (nSPS) is 14.4. The first-order valence-electron chi connectivity index (χ1n) is 10.2. The number of benzene rings is 1. The van der Waals surface area contributed by atoms with Gasteiger partial charge in [-0.3, -0.25) is 9.20 Å². The zero-order valence-corrected chi connectivity index (χ0v) is 17.2. The van der Waals surface area contributed by atoms with E-state index in [-0.39, 0.29) is 5.91 Å². The molecule has 4 aromatic rings. The average Bonchev–Trinajstić information content (AvgIpc) is 3.21. The minimum Gasteiger partial charge on any atom is -0.367 e. The summed E-state index contributed by atoms with van der Waals surface area (Å²) in [6.07, 6.45) is 3.71. The Bertz CT molecular complexity index is 1240. The van der Waals surface area contributed by atoms with Crippen LogP contribution in [0.4, 0.5) is 5.69 Å².